The Kier molecular flexibility index (Phi) is 7.10. The summed E-state index contributed by atoms with van der Waals surface area (Å²) >= 11 is 0. The van der Waals surface area contributed by atoms with Crippen LogP contribution in [0.2, 0.25) is 0 Å². The molecule has 2 saturated heterocycles. The van der Waals surface area contributed by atoms with Crippen LogP contribution in [0.1, 0.15) is 44.1 Å². The number of amides is 1. The van der Waals surface area contributed by atoms with E-state index in [2.05, 4.69) is 0 Å². The fraction of sp³-hybridized carbons (Fsp3) is 0.667. The third-order valence-electron chi connectivity index (χ3n) is 5.65. The van der Waals surface area contributed by atoms with E-state index < -0.39 is 5.60 Å². The molecule has 2 fully saturated rings. The highest BCUT2D eigenvalue weighted by molar-refractivity contribution is 5.69. The molecule has 6 nitrogen and oxygen atoms in total. The molecule has 2 aliphatic rings. The maximum atomic E-state index is 12.7. The summed E-state index contributed by atoms with van der Waals surface area (Å²) in [6.07, 6.45) is 4.46. The number of rotatable bonds is 8. The van der Waals surface area contributed by atoms with E-state index in [1.165, 1.54) is 0 Å². The number of methoxy groups -OCH3 is 1. The molecule has 2 heterocycles. The molecule has 3 rings (SSSR count). The number of aliphatic hydroxyl groups is 1. The van der Waals surface area contributed by atoms with Gasteiger partial charge >= 0.3 is 6.09 Å². The zero-order valence-corrected chi connectivity index (χ0v) is 16.1. The van der Waals surface area contributed by atoms with Crippen LogP contribution in [0.25, 0.3) is 0 Å². The van der Waals surface area contributed by atoms with Crippen LogP contribution in [0.4, 0.5) is 4.79 Å². The van der Waals surface area contributed by atoms with Crippen molar-refractivity contribution in [2.75, 3.05) is 26.9 Å². The summed E-state index contributed by atoms with van der Waals surface area (Å²) in [5.41, 5.74) is 0.219. The molecule has 0 radical (unpaired) electrons. The molecule has 1 amide bonds. The normalized spacial score (nSPS) is 27.4. The summed E-state index contributed by atoms with van der Waals surface area (Å²) in [5.74, 6) is 0. The number of nitrogens with zero attached hydrogens (tertiary/aromatic N) is 1. The molecule has 6 heteroatoms. The molecule has 0 spiro atoms. The summed E-state index contributed by atoms with van der Waals surface area (Å²) in [6.45, 7) is 1.90. The molecule has 1 aromatic rings. The Morgan fingerprint density at radius 2 is 1.85 bits per heavy atom. The minimum Gasteiger partial charge on any atom is -0.445 e. The van der Waals surface area contributed by atoms with Crippen LogP contribution in [-0.2, 0) is 20.8 Å². The van der Waals surface area contributed by atoms with Gasteiger partial charge < -0.3 is 24.2 Å². The van der Waals surface area contributed by atoms with Gasteiger partial charge in [-0.15, -0.1) is 0 Å². The van der Waals surface area contributed by atoms with Gasteiger partial charge in [0.25, 0.3) is 0 Å². The van der Waals surface area contributed by atoms with Crippen molar-refractivity contribution in [3.8, 4) is 0 Å². The van der Waals surface area contributed by atoms with Gasteiger partial charge in [0.1, 0.15) is 6.61 Å². The number of fused-ring (bicyclic) bond motifs is 2. The molecule has 2 aliphatic heterocycles. The Hall–Kier alpha value is -1.63. The molecule has 1 N–H and O–H groups in total. The lowest BCUT2D eigenvalue weighted by atomic mass is 9.74. The molecule has 0 saturated carbocycles. The largest absolute Gasteiger partial charge is 0.445 e. The quantitative estimate of drug-likeness (QED) is 0.705. The summed E-state index contributed by atoms with van der Waals surface area (Å²) < 4.78 is 16.1. The first kappa shape index (κ1) is 20.1. The number of carbonyl (C=O) groups is 1. The number of carbonyl (C=O) groups excluding carboxylic acids is 1. The van der Waals surface area contributed by atoms with Crippen molar-refractivity contribution in [2.24, 2.45) is 0 Å². The Bertz CT molecular complexity index is 579. The zero-order valence-electron chi connectivity index (χ0n) is 16.1. The van der Waals surface area contributed by atoms with Gasteiger partial charge in [-0.2, -0.15) is 0 Å². The average Bonchev–Trinajstić information content (AvgIpc) is 2.66. The van der Waals surface area contributed by atoms with E-state index in [1.807, 2.05) is 35.2 Å². The second-order valence-corrected chi connectivity index (χ2v) is 7.67. The minimum absolute atomic E-state index is 0.0461. The van der Waals surface area contributed by atoms with Crippen molar-refractivity contribution >= 4 is 6.09 Å². The van der Waals surface area contributed by atoms with Gasteiger partial charge in [-0.3, -0.25) is 0 Å². The van der Waals surface area contributed by atoms with E-state index in [4.69, 9.17) is 14.2 Å². The van der Waals surface area contributed by atoms with Crippen LogP contribution in [0.15, 0.2) is 30.3 Å². The Morgan fingerprint density at radius 1 is 1.15 bits per heavy atom. The van der Waals surface area contributed by atoms with E-state index >= 15 is 0 Å². The number of hydrogen-bond donors (Lipinski definition) is 1. The van der Waals surface area contributed by atoms with Crippen molar-refractivity contribution in [1.29, 1.82) is 0 Å². The molecule has 2 bridgehead atoms. The van der Waals surface area contributed by atoms with Crippen LogP contribution < -0.4 is 0 Å². The van der Waals surface area contributed by atoms with Crippen LogP contribution >= 0.6 is 0 Å². The maximum absolute atomic E-state index is 12.7. The third kappa shape index (κ3) is 5.43. The molecule has 0 aliphatic carbocycles. The third-order valence-corrected chi connectivity index (χ3v) is 5.65. The standard InChI is InChI=1S/C21H31NO5/c1-25-12-13-26-11-10-21(24)14-18-8-5-9-19(15-21)22(18)20(23)27-16-17-6-3-2-4-7-17/h2-4,6-7,18-19,24H,5,8-16H2,1H3. The van der Waals surface area contributed by atoms with Gasteiger partial charge in [0, 0.05) is 25.8 Å². The van der Waals surface area contributed by atoms with Crippen molar-refractivity contribution in [3.05, 3.63) is 35.9 Å². The first-order chi connectivity index (χ1) is 13.1. The monoisotopic (exact) mass is 377 g/mol. The second kappa shape index (κ2) is 9.53. The topological polar surface area (TPSA) is 68.2 Å². The molecular weight excluding hydrogens is 346 g/mol. The first-order valence-electron chi connectivity index (χ1n) is 9.89. The lowest BCUT2D eigenvalue weighted by molar-refractivity contribution is -0.0987. The fourth-order valence-electron chi connectivity index (χ4n) is 4.33. The van der Waals surface area contributed by atoms with E-state index in [0.717, 1.165) is 24.8 Å². The fourth-order valence-corrected chi connectivity index (χ4v) is 4.33. The lowest BCUT2D eigenvalue weighted by Crippen LogP contribution is -2.60. The molecule has 150 valence electrons. The SMILES string of the molecule is COCCOCCC1(O)CC2CCCC(C1)N2C(=O)OCc1ccccc1. The molecule has 0 aromatic heterocycles. The van der Waals surface area contributed by atoms with Gasteiger partial charge in [0.2, 0.25) is 0 Å². The number of ether oxygens (including phenoxy) is 3. The molecule has 2 unspecified atom stereocenters. The summed E-state index contributed by atoms with van der Waals surface area (Å²) in [7, 11) is 1.64. The molecule has 1 aromatic carbocycles. The van der Waals surface area contributed by atoms with Crippen LogP contribution in [0.5, 0.6) is 0 Å². The highest BCUT2D eigenvalue weighted by atomic mass is 16.6. The minimum atomic E-state index is -0.765. The van der Waals surface area contributed by atoms with E-state index in [9.17, 15) is 9.90 Å². The van der Waals surface area contributed by atoms with Crippen LogP contribution in [0.3, 0.4) is 0 Å². The van der Waals surface area contributed by atoms with E-state index in [-0.39, 0.29) is 24.8 Å². The van der Waals surface area contributed by atoms with Gasteiger partial charge in [-0.25, -0.2) is 4.79 Å². The van der Waals surface area contributed by atoms with E-state index in [1.54, 1.807) is 7.11 Å². The second-order valence-electron chi connectivity index (χ2n) is 7.67. The van der Waals surface area contributed by atoms with Crippen LogP contribution in [0, 0.1) is 0 Å². The van der Waals surface area contributed by atoms with E-state index in [0.29, 0.717) is 39.1 Å². The number of hydrogen-bond acceptors (Lipinski definition) is 5. The highest BCUT2D eigenvalue weighted by Gasteiger charge is 2.47. The van der Waals surface area contributed by atoms with Crippen molar-refractivity contribution < 1.29 is 24.1 Å². The maximum Gasteiger partial charge on any atom is 0.410 e. The summed E-state index contributed by atoms with van der Waals surface area (Å²) in [5, 5.41) is 11.1. The first-order valence-corrected chi connectivity index (χ1v) is 9.89. The smallest absolute Gasteiger partial charge is 0.410 e. The predicted molar refractivity (Wildman–Crippen MR) is 101 cm³/mol. The summed E-state index contributed by atoms with van der Waals surface area (Å²) in [6, 6.07) is 9.82. The van der Waals surface area contributed by atoms with Gasteiger partial charge in [0.05, 0.1) is 18.8 Å². The Morgan fingerprint density at radius 3 is 2.52 bits per heavy atom. The Labute approximate surface area is 161 Å². The molecule has 27 heavy (non-hydrogen) atoms. The van der Waals surface area contributed by atoms with Crippen molar-refractivity contribution in [3.63, 3.8) is 0 Å². The van der Waals surface area contributed by atoms with Crippen molar-refractivity contribution in [1.82, 2.24) is 4.90 Å². The number of piperidine rings is 2. The van der Waals surface area contributed by atoms with Gasteiger partial charge in [-0.05, 0) is 44.1 Å². The Balaban J connectivity index is 1.53. The summed E-state index contributed by atoms with van der Waals surface area (Å²) in [4.78, 5) is 14.6. The van der Waals surface area contributed by atoms with Gasteiger partial charge in [-0.1, -0.05) is 30.3 Å². The van der Waals surface area contributed by atoms with Gasteiger partial charge in [0.15, 0.2) is 0 Å². The molecule has 2 atom stereocenters. The van der Waals surface area contributed by atoms with Crippen molar-refractivity contribution in [2.45, 2.75) is 62.8 Å². The van der Waals surface area contributed by atoms with Crippen LogP contribution in [-0.4, -0.2) is 60.7 Å². The zero-order chi connectivity index (χ0) is 19.1. The molecular formula is C21H31NO5. The average molecular weight is 377 g/mol. The highest BCUT2D eigenvalue weighted by Crippen LogP contribution is 2.41. The number of benzene rings is 1. The lowest BCUT2D eigenvalue weighted by Gasteiger charge is -2.51. The predicted octanol–water partition coefficient (Wildman–Crippen LogP) is 3.12.